The minimum Gasteiger partial charge on any atom is -0.455 e. The topological polar surface area (TPSA) is 65.2 Å². The first-order valence-electron chi connectivity index (χ1n) is 7.39. The summed E-state index contributed by atoms with van der Waals surface area (Å²) < 4.78 is 10.7. The van der Waals surface area contributed by atoms with Crippen molar-refractivity contribution in [3.05, 3.63) is 70.6 Å². The summed E-state index contributed by atoms with van der Waals surface area (Å²) in [6.07, 6.45) is 0.207. The van der Waals surface area contributed by atoms with E-state index in [1.165, 1.54) is 0 Å². The molecule has 5 nitrogen and oxygen atoms in total. The standard InChI is InChI=1S/C18H15ClN2O3/c1-12-2-4-13(5-3-12)10-17(22)23-11-16-20-21-18(24-16)14-6-8-15(19)9-7-14/h2-9H,10-11H2,1H3. The normalized spacial score (nSPS) is 10.6. The molecule has 1 aromatic heterocycles. The number of hydrogen-bond acceptors (Lipinski definition) is 5. The average molecular weight is 343 g/mol. The Kier molecular flexibility index (Phi) is 4.91. The summed E-state index contributed by atoms with van der Waals surface area (Å²) in [6.45, 7) is 1.95. The molecule has 1 heterocycles. The van der Waals surface area contributed by atoms with E-state index in [0.717, 1.165) is 16.7 Å². The van der Waals surface area contributed by atoms with E-state index in [4.69, 9.17) is 20.8 Å². The summed E-state index contributed by atoms with van der Waals surface area (Å²) in [5.74, 6) is 0.263. The third-order valence-corrected chi connectivity index (χ3v) is 3.64. The van der Waals surface area contributed by atoms with Gasteiger partial charge in [-0.15, -0.1) is 10.2 Å². The van der Waals surface area contributed by atoms with E-state index in [0.29, 0.717) is 10.9 Å². The number of rotatable bonds is 5. The number of hydrogen-bond donors (Lipinski definition) is 0. The van der Waals surface area contributed by atoms with Crippen LogP contribution in [0.4, 0.5) is 0 Å². The van der Waals surface area contributed by atoms with Gasteiger partial charge in [0.25, 0.3) is 5.89 Å². The van der Waals surface area contributed by atoms with E-state index in [-0.39, 0.29) is 24.9 Å². The largest absolute Gasteiger partial charge is 0.455 e. The first kappa shape index (κ1) is 16.2. The van der Waals surface area contributed by atoms with Crippen LogP contribution in [0.2, 0.25) is 5.02 Å². The van der Waals surface area contributed by atoms with Crippen molar-refractivity contribution in [3.8, 4) is 11.5 Å². The van der Waals surface area contributed by atoms with Crippen molar-refractivity contribution in [1.82, 2.24) is 10.2 Å². The van der Waals surface area contributed by atoms with E-state index in [1.807, 2.05) is 31.2 Å². The van der Waals surface area contributed by atoms with Crippen molar-refractivity contribution in [2.75, 3.05) is 0 Å². The van der Waals surface area contributed by atoms with Crippen molar-refractivity contribution in [1.29, 1.82) is 0 Å². The molecule has 0 radical (unpaired) electrons. The molecule has 122 valence electrons. The Morgan fingerprint density at radius 3 is 2.50 bits per heavy atom. The second kappa shape index (κ2) is 7.27. The van der Waals surface area contributed by atoms with E-state index >= 15 is 0 Å². The van der Waals surface area contributed by atoms with Gasteiger partial charge in [0.05, 0.1) is 6.42 Å². The molecule has 3 aromatic rings. The fourth-order valence-electron chi connectivity index (χ4n) is 2.09. The van der Waals surface area contributed by atoms with Crippen molar-refractivity contribution in [2.45, 2.75) is 20.0 Å². The Morgan fingerprint density at radius 1 is 1.08 bits per heavy atom. The molecule has 0 bridgehead atoms. The summed E-state index contributed by atoms with van der Waals surface area (Å²) >= 11 is 5.84. The maximum absolute atomic E-state index is 11.9. The highest BCUT2D eigenvalue weighted by Gasteiger charge is 2.11. The quantitative estimate of drug-likeness (QED) is 0.656. The predicted octanol–water partition coefficient (Wildman–Crippen LogP) is 3.98. The number of halogens is 1. The molecular formula is C18H15ClN2O3. The lowest BCUT2D eigenvalue weighted by Gasteiger charge is -2.02. The molecule has 3 rings (SSSR count). The summed E-state index contributed by atoms with van der Waals surface area (Å²) in [7, 11) is 0. The van der Waals surface area contributed by atoms with Crippen LogP contribution in [0.15, 0.2) is 52.9 Å². The zero-order valence-electron chi connectivity index (χ0n) is 13.0. The van der Waals surface area contributed by atoms with Crippen molar-refractivity contribution in [2.24, 2.45) is 0 Å². The van der Waals surface area contributed by atoms with Gasteiger partial charge in [-0.1, -0.05) is 41.4 Å². The molecule has 0 atom stereocenters. The Labute approximate surface area is 144 Å². The van der Waals surface area contributed by atoms with Gasteiger partial charge in [-0.3, -0.25) is 4.79 Å². The summed E-state index contributed by atoms with van der Waals surface area (Å²) in [5.41, 5.74) is 2.80. The molecule has 0 fully saturated rings. The molecule has 6 heteroatoms. The molecule has 0 saturated carbocycles. The summed E-state index contributed by atoms with van der Waals surface area (Å²) in [4.78, 5) is 11.9. The Hall–Kier alpha value is -2.66. The maximum Gasteiger partial charge on any atom is 0.310 e. The predicted molar refractivity (Wildman–Crippen MR) is 89.4 cm³/mol. The van der Waals surface area contributed by atoms with Crippen LogP contribution >= 0.6 is 11.6 Å². The van der Waals surface area contributed by atoms with Crippen LogP contribution in [-0.4, -0.2) is 16.2 Å². The second-order valence-corrected chi connectivity index (χ2v) is 5.77. The molecule has 24 heavy (non-hydrogen) atoms. The lowest BCUT2D eigenvalue weighted by atomic mass is 10.1. The van der Waals surface area contributed by atoms with Gasteiger partial charge in [0.1, 0.15) is 0 Å². The lowest BCUT2D eigenvalue weighted by molar-refractivity contribution is -0.144. The van der Waals surface area contributed by atoms with Crippen molar-refractivity contribution < 1.29 is 13.9 Å². The van der Waals surface area contributed by atoms with Gasteiger partial charge >= 0.3 is 5.97 Å². The van der Waals surface area contributed by atoms with Crippen molar-refractivity contribution >= 4 is 17.6 Å². The van der Waals surface area contributed by atoms with Crippen LogP contribution in [0.25, 0.3) is 11.5 Å². The number of aryl methyl sites for hydroxylation is 1. The first-order chi connectivity index (χ1) is 11.6. The molecule has 0 spiro atoms. The van der Waals surface area contributed by atoms with Gasteiger partial charge < -0.3 is 9.15 Å². The van der Waals surface area contributed by atoms with Gasteiger partial charge in [0.2, 0.25) is 5.89 Å². The second-order valence-electron chi connectivity index (χ2n) is 5.33. The highest BCUT2D eigenvalue weighted by Crippen LogP contribution is 2.20. The third kappa shape index (κ3) is 4.20. The third-order valence-electron chi connectivity index (χ3n) is 3.38. The van der Waals surface area contributed by atoms with E-state index in [2.05, 4.69) is 10.2 Å². The Bertz CT molecular complexity index is 826. The monoisotopic (exact) mass is 342 g/mol. The molecule has 0 aliphatic rings. The zero-order chi connectivity index (χ0) is 16.9. The Balaban J connectivity index is 1.56. The van der Waals surface area contributed by atoms with Crippen LogP contribution in [0.3, 0.4) is 0 Å². The number of nitrogens with zero attached hydrogens (tertiary/aromatic N) is 2. The summed E-state index contributed by atoms with van der Waals surface area (Å²) in [6, 6.07) is 14.8. The number of aromatic nitrogens is 2. The van der Waals surface area contributed by atoms with Crippen LogP contribution in [0.1, 0.15) is 17.0 Å². The number of carbonyl (C=O) groups excluding carboxylic acids is 1. The number of carbonyl (C=O) groups is 1. The highest BCUT2D eigenvalue weighted by atomic mass is 35.5. The van der Waals surface area contributed by atoms with E-state index in [9.17, 15) is 4.79 Å². The number of esters is 1. The van der Waals surface area contributed by atoms with Crippen molar-refractivity contribution in [3.63, 3.8) is 0 Å². The average Bonchev–Trinajstić information content (AvgIpc) is 3.05. The summed E-state index contributed by atoms with van der Waals surface area (Å²) in [5, 5.41) is 8.44. The minimum atomic E-state index is -0.343. The maximum atomic E-state index is 11.9. The van der Waals surface area contributed by atoms with Gasteiger partial charge in [0, 0.05) is 10.6 Å². The fraction of sp³-hybridized carbons (Fsp3) is 0.167. The smallest absolute Gasteiger partial charge is 0.310 e. The Morgan fingerprint density at radius 2 is 1.79 bits per heavy atom. The number of benzene rings is 2. The number of ether oxygens (including phenoxy) is 1. The van der Waals surface area contributed by atoms with Crippen LogP contribution < -0.4 is 0 Å². The van der Waals surface area contributed by atoms with E-state index in [1.54, 1.807) is 24.3 Å². The molecule has 0 aliphatic carbocycles. The SMILES string of the molecule is Cc1ccc(CC(=O)OCc2nnc(-c3ccc(Cl)cc3)o2)cc1. The van der Waals surface area contributed by atoms with Gasteiger partial charge in [-0.05, 0) is 36.8 Å². The minimum absolute atomic E-state index is 0.0503. The first-order valence-corrected chi connectivity index (χ1v) is 7.77. The molecule has 0 unspecified atom stereocenters. The molecule has 0 saturated heterocycles. The zero-order valence-corrected chi connectivity index (χ0v) is 13.8. The lowest BCUT2D eigenvalue weighted by Crippen LogP contribution is -2.08. The van der Waals surface area contributed by atoms with Crippen LogP contribution in [0.5, 0.6) is 0 Å². The van der Waals surface area contributed by atoms with Crippen LogP contribution in [-0.2, 0) is 22.6 Å². The fourth-order valence-corrected chi connectivity index (χ4v) is 2.21. The molecule has 0 amide bonds. The molecular weight excluding hydrogens is 328 g/mol. The van der Waals surface area contributed by atoms with Gasteiger partial charge in [-0.2, -0.15) is 0 Å². The van der Waals surface area contributed by atoms with Crippen LogP contribution in [0, 0.1) is 6.92 Å². The van der Waals surface area contributed by atoms with Gasteiger partial charge in [-0.25, -0.2) is 0 Å². The highest BCUT2D eigenvalue weighted by molar-refractivity contribution is 6.30. The molecule has 0 aliphatic heterocycles. The molecule has 2 aromatic carbocycles. The van der Waals surface area contributed by atoms with Gasteiger partial charge in [0.15, 0.2) is 6.61 Å². The van der Waals surface area contributed by atoms with E-state index < -0.39 is 0 Å². The molecule has 0 N–H and O–H groups in total.